The van der Waals surface area contributed by atoms with E-state index in [4.69, 9.17) is 17.0 Å². The summed E-state index contributed by atoms with van der Waals surface area (Å²) in [6.45, 7) is 1.25. The molecule has 3 rings (SSSR count). The second-order valence-corrected chi connectivity index (χ2v) is 7.30. The number of nitrogens with zero attached hydrogens (tertiary/aromatic N) is 1. The first-order valence-electron chi connectivity index (χ1n) is 6.92. The van der Waals surface area contributed by atoms with Crippen LogP contribution in [0.15, 0.2) is 41.1 Å². The van der Waals surface area contributed by atoms with Gasteiger partial charge in [0.2, 0.25) is 5.91 Å². The van der Waals surface area contributed by atoms with Crippen molar-refractivity contribution in [1.29, 1.82) is 0 Å². The Morgan fingerprint density at radius 3 is 2.64 bits per heavy atom. The Labute approximate surface area is 143 Å². The van der Waals surface area contributed by atoms with Crippen LogP contribution in [0.4, 0.5) is 0 Å². The van der Waals surface area contributed by atoms with E-state index in [9.17, 15) is 4.79 Å². The molecule has 1 fully saturated rings. The summed E-state index contributed by atoms with van der Waals surface area (Å²) in [7, 11) is 0. The summed E-state index contributed by atoms with van der Waals surface area (Å²) in [4.78, 5) is 13.4. The maximum absolute atomic E-state index is 11.7. The number of ether oxygens (including phenoxy) is 1. The minimum Gasteiger partial charge on any atom is -0.489 e. The molecule has 3 nitrogen and oxygen atoms in total. The van der Waals surface area contributed by atoms with Crippen LogP contribution in [-0.2, 0) is 17.8 Å². The highest BCUT2D eigenvalue weighted by Crippen LogP contribution is 2.20. The normalized spacial score (nSPS) is 14.6. The lowest BCUT2D eigenvalue weighted by Crippen LogP contribution is -2.30. The number of hydrogen-bond acceptors (Lipinski definition) is 5. The molecule has 0 bridgehead atoms. The summed E-state index contributed by atoms with van der Waals surface area (Å²) in [6.07, 6.45) is 0.803. The number of thioether (sulfide) groups is 1. The van der Waals surface area contributed by atoms with Crippen LogP contribution in [0, 0.1) is 0 Å². The number of amides is 1. The summed E-state index contributed by atoms with van der Waals surface area (Å²) in [5.41, 5.74) is 2.36. The molecule has 0 unspecified atom stereocenters. The Morgan fingerprint density at radius 2 is 2.00 bits per heavy atom. The summed E-state index contributed by atoms with van der Waals surface area (Å²) in [5.74, 6) is 1.46. The molecule has 0 atom stereocenters. The van der Waals surface area contributed by atoms with Crippen LogP contribution in [0.25, 0.3) is 0 Å². The molecular weight excluding hydrogens is 334 g/mol. The predicted molar refractivity (Wildman–Crippen MR) is 95.6 cm³/mol. The van der Waals surface area contributed by atoms with E-state index in [0.717, 1.165) is 12.2 Å². The van der Waals surface area contributed by atoms with Crippen molar-refractivity contribution in [1.82, 2.24) is 4.90 Å². The molecule has 0 saturated carbocycles. The van der Waals surface area contributed by atoms with E-state index in [1.54, 1.807) is 16.2 Å². The van der Waals surface area contributed by atoms with Gasteiger partial charge < -0.3 is 4.74 Å². The first-order chi connectivity index (χ1) is 10.7. The van der Waals surface area contributed by atoms with Crippen molar-refractivity contribution >= 4 is 45.5 Å². The highest BCUT2D eigenvalue weighted by Gasteiger charge is 2.25. The van der Waals surface area contributed by atoms with Gasteiger partial charge in [-0.1, -0.05) is 36.1 Å². The zero-order valence-electron chi connectivity index (χ0n) is 11.9. The van der Waals surface area contributed by atoms with Gasteiger partial charge in [0.1, 0.15) is 16.7 Å². The zero-order valence-corrected chi connectivity index (χ0v) is 14.3. The summed E-state index contributed by atoms with van der Waals surface area (Å²) in [6, 6.07) is 10.1. The fourth-order valence-electron chi connectivity index (χ4n) is 2.13. The van der Waals surface area contributed by atoms with Crippen molar-refractivity contribution in [2.45, 2.75) is 13.0 Å². The topological polar surface area (TPSA) is 29.5 Å². The van der Waals surface area contributed by atoms with Crippen LogP contribution in [0.2, 0.25) is 0 Å². The molecule has 114 valence electrons. The number of rotatable bonds is 6. The van der Waals surface area contributed by atoms with Crippen LogP contribution in [0.1, 0.15) is 11.1 Å². The zero-order chi connectivity index (χ0) is 15.4. The second kappa shape index (κ2) is 7.26. The molecule has 1 aromatic heterocycles. The molecule has 1 amide bonds. The molecule has 6 heteroatoms. The predicted octanol–water partition coefficient (Wildman–Crippen LogP) is 3.73. The summed E-state index contributed by atoms with van der Waals surface area (Å²) < 4.78 is 6.43. The lowest BCUT2D eigenvalue weighted by atomic mass is 10.1. The summed E-state index contributed by atoms with van der Waals surface area (Å²) in [5, 5.41) is 4.13. The number of benzene rings is 1. The Hall–Kier alpha value is -1.37. The highest BCUT2D eigenvalue weighted by atomic mass is 32.2. The second-order valence-electron chi connectivity index (χ2n) is 4.91. The molecule has 0 radical (unpaired) electrons. The van der Waals surface area contributed by atoms with Crippen molar-refractivity contribution in [2.24, 2.45) is 0 Å². The molecular formula is C16H15NO2S3. The minimum atomic E-state index is 0.116. The Balaban J connectivity index is 1.51. The molecule has 1 saturated heterocycles. The van der Waals surface area contributed by atoms with Crippen molar-refractivity contribution in [2.75, 3.05) is 12.3 Å². The Bertz CT molecular complexity index is 637. The van der Waals surface area contributed by atoms with Gasteiger partial charge in [0.25, 0.3) is 0 Å². The monoisotopic (exact) mass is 349 g/mol. The lowest BCUT2D eigenvalue weighted by Gasteiger charge is -2.14. The average molecular weight is 350 g/mol. The van der Waals surface area contributed by atoms with E-state index in [-0.39, 0.29) is 5.91 Å². The number of hydrogen-bond donors (Lipinski definition) is 0. The maximum Gasteiger partial charge on any atom is 0.238 e. The van der Waals surface area contributed by atoms with E-state index in [0.29, 0.717) is 23.2 Å². The minimum absolute atomic E-state index is 0.116. The van der Waals surface area contributed by atoms with Gasteiger partial charge in [-0.25, -0.2) is 0 Å². The standard InChI is InChI=1S/C16H15NO2S3/c18-15-11-22-16(20)17(15)7-5-12-1-3-14(4-2-12)19-9-13-6-8-21-10-13/h1-4,6,8,10H,5,7,9,11H2. The third-order valence-electron chi connectivity index (χ3n) is 3.37. The van der Waals surface area contributed by atoms with Gasteiger partial charge in [0.15, 0.2) is 0 Å². The smallest absolute Gasteiger partial charge is 0.238 e. The van der Waals surface area contributed by atoms with E-state index in [2.05, 4.69) is 11.4 Å². The van der Waals surface area contributed by atoms with Gasteiger partial charge in [-0.2, -0.15) is 11.3 Å². The van der Waals surface area contributed by atoms with Crippen LogP contribution in [0.3, 0.4) is 0 Å². The first kappa shape index (κ1) is 15.5. The molecule has 1 aliphatic heterocycles. The highest BCUT2D eigenvalue weighted by molar-refractivity contribution is 8.23. The van der Waals surface area contributed by atoms with E-state index in [1.165, 1.54) is 22.9 Å². The molecule has 22 heavy (non-hydrogen) atoms. The van der Waals surface area contributed by atoms with Crippen molar-refractivity contribution in [3.05, 3.63) is 52.2 Å². The average Bonchev–Trinajstić information content (AvgIpc) is 3.15. The van der Waals surface area contributed by atoms with E-state index < -0.39 is 0 Å². The number of thiocarbonyl (C=S) groups is 1. The largest absolute Gasteiger partial charge is 0.489 e. The Morgan fingerprint density at radius 1 is 1.18 bits per heavy atom. The summed E-state index contributed by atoms with van der Waals surface area (Å²) >= 11 is 8.29. The van der Waals surface area contributed by atoms with Gasteiger partial charge >= 0.3 is 0 Å². The van der Waals surface area contributed by atoms with Crippen LogP contribution < -0.4 is 4.74 Å². The van der Waals surface area contributed by atoms with Crippen LogP contribution >= 0.6 is 35.3 Å². The van der Waals surface area contributed by atoms with Crippen molar-refractivity contribution in [3.8, 4) is 5.75 Å². The van der Waals surface area contributed by atoms with Gasteiger partial charge in [-0.3, -0.25) is 9.69 Å². The van der Waals surface area contributed by atoms with Gasteiger partial charge in [-0.05, 0) is 46.5 Å². The van der Waals surface area contributed by atoms with Crippen molar-refractivity contribution < 1.29 is 9.53 Å². The quantitative estimate of drug-likeness (QED) is 0.743. The molecule has 0 spiro atoms. The lowest BCUT2D eigenvalue weighted by molar-refractivity contribution is -0.123. The van der Waals surface area contributed by atoms with Crippen LogP contribution in [0.5, 0.6) is 5.75 Å². The first-order valence-corrected chi connectivity index (χ1v) is 9.26. The molecule has 1 aromatic carbocycles. The third-order valence-corrected chi connectivity index (χ3v) is 5.54. The number of carbonyl (C=O) groups excluding carboxylic acids is 1. The third kappa shape index (κ3) is 3.88. The molecule has 0 aliphatic carbocycles. The van der Waals surface area contributed by atoms with Gasteiger partial charge in [0.05, 0.1) is 5.75 Å². The van der Waals surface area contributed by atoms with E-state index in [1.807, 2.05) is 29.6 Å². The van der Waals surface area contributed by atoms with Gasteiger partial charge in [0, 0.05) is 6.54 Å². The molecule has 0 N–H and O–H groups in total. The molecule has 1 aliphatic rings. The Kier molecular flexibility index (Phi) is 5.12. The van der Waals surface area contributed by atoms with E-state index >= 15 is 0 Å². The van der Waals surface area contributed by atoms with Crippen molar-refractivity contribution in [3.63, 3.8) is 0 Å². The maximum atomic E-state index is 11.7. The fourth-order valence-corrected chi connectivity index (χ4v) is 3.91. The number of carbonyl (C=O) groups is 1. The molecule has 2 aromatic rings. The van der Waals surface area contributed by atoms with Crippen LogP contribution in [-0.4, -0.2) is 27.4 Å². The molecule has 2 heterocycles. The fraction of sp³-hybridized carbons (Fsp3) is 0.250. The van der Waals surface area contributed by atoms with Gasteiger partial charge in [-0.15, -0.1) is 0 Å². The number of thiophene rings is 1. The SMILES string of the molecule is O=C1CSC(=S)N1CCc1ccc(OCc2ccsc2)cc1.